The summed E-state index contributed by atoms with van der Waals surface area (Å²) >= 11 is 5.88. The van der Waals surface area contributed by atoms with Gasteiger partial charge >= 0.3 is 0 Å². The van der Waals surface area contributed by atoms with Crippen LogP contribution in [0, 0.1) is 6.92 Å². The fourth-order valence-corrected chi connectivity index (χ4v) is 3.01. The lowest BCUT2D eigenvalue weighted by Crippen LogP contribution is -2.49. The fourth-order valence-electron chi connectivity index (χ4n) is 2.88. The quantitative estimate of drug-likeness (QED) is 0.585. The third-order valence-corrected chi connectivity index (χ3v) is 4.86. The van der Waals surface area contributed by atoms with Gasteiger partial charge in [0.1, 0.15) is 11.8 Å². The molecule has 6 heteroatoms. The standard InChI is InChI=1S/C23H29ClN2O3/c1-4-5-13-25-23(28)18(3)26(15-19-8-6-7-17(2)14-19)22(27)16-29-21-11-9-20(24)10-12-21/h6-12,14,18H,4-5,13,15-16H2,1-3H3,(H,25,28)/t18-/m0/s1. The number of halogens is 1. The van der Waals surface area contributed by atoms with Gasteiger partial charge in [0.2, 0.25) is 5.91 Å². The van der Waals surface area contributed by atoms with Crippen LogP contribution in [-0.2, 0) is 16.1 Å². The summed E-state index contributed by atoms with van der Waals surface area (Å²) in [6.45, 7) is 6.61. The van der Waals surface area contributed by atoms with E-state index in [1.54, 1.807) is 36.1 Å². The van der Waals surface area contributed by atoms with Crippen LogP contribution in [0.3, 0.4) is 0 Å². The first-order valence-corrected chi connectivity index (χ1v) is 10.3. The Bertz CT molecular complexity index is 808. The van der Waals surface area contributed by atoms with Crippen molar-refractivity contribution in [1.29, 1.82) is 0 Å². The fraction of sp³-hybridized carbons (Fsp3) is 0.391. The van der Waals surface area contributed by atoms with Crippen molar-refractivity contribution in [1.82, 2.24) is 10.2 Å². The molecule has 0 aliphatic carbocycles. The maximum Gasteiger partial charge on any atom is 0.261 e. The third kappa shape index (κ3) is 7.42. The highest BCUT2D eigenvalue weighted by atomic mass is 35.5. The second-order valence-electron chi connectivity index (χ2n) is 7.07. The van der Waals surface area contributed by atoms with Crippen molar-refractivity contribution in [3.05, 3.63) is 64.7 Å². The van der Waals surface area contributed by atoms with E-state index in [2.05, 4.69) is 12.2 Å². The second-order valence-corrected chi connectivity index (χ2v) is 7.51. The molecule has 0 spiro atoms. The van der Waals surface area contributed by atoms with Gasteiger partial charge in [0, 0.05) is 18.1 Å². The van der Waals surface area contributed by atoms with Crippen LogP contribution in [0.4, 0.5) is 0 Å². The van der Waals surface area contributed by atoms with Gasteiger partial charge in [-0.3, -0.25) is 9.59 Å². The number of carbonyl (C=O) groups is 2. The molecule has 0 aliphatic rings. The number of amides is 2. The highest BCUT2D eigenvalue weighted by Crippen LogP contribution is 2.16. The minimum Gasteiger partial charge on any atom is -0.484 e. The molecule has 0 saturated heterocycles. The Morgan fingerprint density at radius 3 is 2.55 bits per heavy atom. The summed E-state index contributed by atoms with van der Waals surface area (Å²) in [4.78, 5) is 27.1. The molecule has 0 unspecified atom stereocenters. The van der Waals surface area contributed by atoms with E-state index in [0.717, 1.165) is 24.0 Å². The molecule has 0 aromatic heterocycles. The van der Waals surface area contributed by atoms with E-state index in [0.29, 0.717) is 23.9 Å². The lowest BCUT2D eigenvalue weighted by atomic mass is 10.1. The Kier molecular flexibility index (Phi) is 9.00. The largest absolute Gasteiger partial charge is 0.484 e. The van der Waals surface area contributed by atoms with E-state index in [1.165, 1.54) is 0 Å². The number of carbonyl (C=O) groups excluding carboxylic acids is 2. The number of aryl methyl sites for hydroxylation is 1. The Morgan fingerprint density at radius 1 is 1.17 bits per heavy atom. The first-order chi connectivity index (χ1) is 13.9. The lowest BCUT2D eigenvalue weighted by Gasteiger charge is -2.29. The Balaban J connectivity index is 2.10. The molecule has 0 heterocycles. The zero-order valence-electron chi connectivity index (χ0n) is 17.3. The number of nitrogens with one attached hydrogen (secondary N) is 1. The van der Waals surface area contributed by atoms with Crippen molar-refractivity contribution in [3.8, 4) is 5.75 Å². The van der Waals surface area contributed by atoms with Gasteiger partial charge in [0.15, 0.2) is 6.61 Å². The Hall–Kier alpha value is -2.53. The number of hydrogen-bond donors (Lipinski definition) is 1. The molecule has 2 rings (SSSR count). The molecule has 1 N–H and O–H groups in total. The number of hydrogen-bond acceptors (Lipinski definition) is 3. The second kappa shape index (κ2) is 11.5. The number of rotatable bonds is 10. The van der Waals surface area contributed by atoms with E-state index in [-0.39, 0.29) is 18.4 Å². The number of benzene rings is 2. The van der Waals surface area contributed by atoms with E-state index in [1.807, 2.05) is 31.2 Å². The van der Waals surface area contributed by atoms with Crippen LogP contribution in [0.15, 0.2) is 48.5 Å². The number of nitrogens with zero attached hydrogens (tertiary/aromatic N) is 1. The molecular formula is C23H29ClN2O3. The summed E-state index contributed by atoms with van der Waals surface area (Å²) in [7, 11) is 0. The predicted octanol–water partition coefficient (Wildman–Crippen LogP) is 4.36. The lowest BCUT2D eigenvalue weighted by molar-refractivity contribution is -0.142. The summed E-state index contributed by atoms with van der Waals surface area (Å²) in [6, 6.07) is 14.1. The van der Waals surface area contributed by atoms with Crippen molar-refractivity contribution in [3.63, 3.8) is 0 Å². The van der Waals surface area contributed by atoms with Crippen molar-refractivity contribution >= 4 is 23.4 Å². The topological polar surface area (TPSA) is 58.6 Å². The highest BCUT2D eigenvalue weighted by Gasteiger charge is 2.26. The number of ether oxygens (including phenoxy) is 1. The zero-order valence-corrected chi connectivity index (χ0v) is 18.0. The van der Waals surface area contributed by atoms with Gasteiger partial charge in [0.05, 0.1) is 0 Å². The Morgan fingerprint density at radius 2 is 1.90 bits per heavy atom. The molecule has 156 valence electrons. The van der Waals surface area contributed by atoms with Crippen LogP contribution < -0.4 is 10.1 Å². The molecule has 2 aromatic carbocycles. The van der Waals surface area contributed by atoms with Crippen LogP contribution in [0.1, 0.15) is 37.8 Å². The molecule has 2 amide bonds. The molecule has 2 aromatic rings. The molecule has 0 aliphatic heterocycles. The summed E-state index contributed by atoms with van der Waals surface area (Å²) in [5.74, 6) is 0.142. The normalized spacial score (nSPS) is 11.6. The van der Waals surface area contributed by atoms with Crippen LogP contribution in [0.2, 0.25) is 5.02 Å². The average Bonchev–Trinajstić information content (AvgIpc) is 2.71. The average molecular weight is 417 g/mol. The van der Waals surface area contributed by atoms with E-state index in [9.17, 15) is 9.59 Å². The molecule has 5 nitrogen and oxygen atoms in total. The summed E-state index contributed by atoms with van der Waals surface area (Å²) < 4.78 is 5.61. The van der Waals surface area contributed by atoms with Gasteiger partial charge < -0.3 is 15.0 Å². The van der Waals surface area contributed by atoms with Crippen molar-refractivity contribution in [2.24, 2.45) is 0 Å². The third-order valence-electron chi connectivity index (χ3n) is 4.61. The molecule has 1 atom stereocenters. The van der Waals surface area contributed by atoms with Gasteiger partial charge in [-0.25, -0.2) is 0 Å². The van der Waals surface area contributed by atoms with Gasteiger partial charge in [0.25, 0.3) is 5.91 Å². The maximum atomic E-state index is 12.9. The van der Waals surface area contributed by atoms with Gasteiger partial charge in [-0.1, -0.05) is 54.8 Å². The highest BCUT2D eigenvalue weighted by molar-refractivity contribution is 6.30. The molecule has 0 radical (unpaired) electrons. The van der Waals surface area contributed by atoms with Crippen LogP contribution in [0.5, 0.6) is 5.75 Å². The minimum atomic E-state index is -0.603. The summed E-state index contributed by atoms with van der Waals surface area (Å²) in [5, 5.41) is 3.51. The Labute approximate surface area is 178 Å². The molecule has 0 fully saturated rings. The zero-order chi connectivity index (χ0) is 21.2. The predicted molar refractivity (Wildman–Crippen MR) is 116 cm³/mol. The van der Waals surface area contributed by atoms with E-state index >= 15 is 0 Å². The molecular weight excluding hydrogens is 388 g/mol. The van der Waals surface area contributed by atoms with Gasteiger partial charge in [-0.05, 0) is 50.1 Å². The SMILES string of the molecule is CCCCNC(=O)[C@H](C)N(Cc1cccc(C)c1)C(=O)COc1ccc(Cl)cc1. The number of unbranched alkanes of at least 4 members (excludes halogenated alkanes) is 1. The molecule has 0 saturated carbocycles. The van der Waals surface area contributed by atoms with Gasteiger partial charge in [-0.2, -0.15) is 0 Å². The molecule has 29 heavy (non-hydrogen) atoms. The minimum absolute atomic E-state index is 0.153. The monoisotopic (exact) mass is 416 g/mol. The van der Waals surface area contributed by atoms with Crippen molar-refractivity contribution in [2.45, 2.75) is 46.2 Å². The summed E-state index contributed by atoms with van der Waals surface area (Å²) in [6.07, 6.45) is 1.90. The van der Waals surface area contributed by atoms with E-state index < -0.39 is 6.04 Å². The van der Waals surface area contributed by atoms with Gasteiger partial charge in [-0.15, -0.1) is 0 Å². The first kappa shape index (κ1) is 22.8. The molecule has 0 bridgehead atoms. The van der Waals surface area contributed by atoms with E-state index in [4.69, 9.17) is 16.3 Å². The smallest absolute Gasteiger partial charge is 0.261 e. The van der Waals surface area contributed by atoms with Crippen molar-refractivity contribution in [2.75, 3.05) is 13.2 Å². The van der Waals surface area contributed by atoms with Crippen LogP contribution >= 0.6 is 11.6 Å². The first-order valence-electron chi connectivity index (χ1n) is 9.91. The van der Waals surface area contributed by atoms with Crippen LogP contribution in [0.25, 0.3) is 0 Å². The van der Waals surface area contributed by atoms with Crippen molar-refractivity contribution < 1.29 is 14.3 Å². The summed E-state index contributed by atoms with van der Waals surface area (Å²) in [5.41, 5.74) is 2.07. The van der Waals surface area contributed by atoms with Crippen LogP contribution in [-0.4, -0.2) is 35.9 Å². The maximum absolute atomic E-state index is 12.9.